The summed E-state index contributed by atoms with van der Waals surface area (Å²) in [5.41, 5.74) is 0. The molecule has 0 aliphatic heterocycles. The maximum absolute atomic E-state index is 11.7. The van der Waals surface area contributed by atoms with Gasteiger partial charge in [0.15, 0.2) is 5.78 Å². The van der Waals surface area contributed by atoms with Gasteiger partial charge in [0.25, 0.3) is 0 Å². The van der Waals surface area contributed by atoms with Crippen LogP contribution < -0.4 is 5.32 Å². The highest BCUT2D eigenvalue weighted by Crippen LogP contribution is 2.08. The zero-order chi connectivity index (χ0) is 11.8. The van der Waals surface area contributed by atoms with Crippen molar-refractivity contribution >= 4 is 23.5 Å². The molecule has 0 radical (unpaired) electrons. The molecule has 1 N–H and O–H groups in total. The summed E-state index contributed by atoms with van der Waals surface area (Å²) in [5, 5.41) is 2.72. The van der Waals surface area contributed by atoms with Crippen LogP contribution in [0.4, 0.5) is 0 Å². The lowest BCUT2D eigenvalue weighted by molar-refractivity contribution is -0.128. The van der Waals surface area contributed by atoms with Crippen LogP contribution in [0.15, 0.2) is 0 Å². The van der Waals surface area contributed by atoms with Crippen LogP contribution in [0.3, 0.4) is 0 Å². The monoisotopic (exact) mass is 231 g/mol. The van der Waals surface area contributed by atoms with Crippen molar-refractivity contribution in [2.45, 2.75) is 40.2 Å². The fourth-order valence-electron chi connectivity index (χ4n) is 1.28. The summed E-state index contributed by atoms with van der Waals surface area (Å²) in [5.74, 6) is 1.94. The van der Waals surface area contributed by atoms with Gasteiger partial charge in [-0.2, -0.15) is 11.8 Å². The molecule has 1 atom stereocenters. The van der Waals surface area contributed by atoms with E-state index in [9.17, 15) is 9.59 Å². The van der Waals surface area contributed by atoms with Crippen molar-refractivity contribution in [1.82, 2.24) is 5.32 Å². The first-order valence-electron chi connectivity index (χ1n) is 5.37. The van der Waals surface area contributed by atoms with Crippen LogP contribution in [0.5, 0.6) is 0 Å². The first kappa shape index (κ1) is 14.5. The van der Waals surface area contributed by atoms with E-state index in [-0.39, 0.29) is 23.7 Å². The van der Waals surface area contributed by atoms with E-state index in [0.717, 1.165) is 17.9 Å². The Morgan fingerprint density at radius 3 is 2.33 bits per heavy atom. The van der Waals surface area contributed by atoms with Gasteiger partial charge in [-0.25, -0.2) is 0 Å². The molecular formula is C11H21NO2S. The molecule has 1 amide bonds. The van der Waals surface area contributed by atoms with Crippen LogP contribution in [0.25, 0.3) is 0 Å². The lowest BCUT2D eigenvalue weighted by Gasteiger charge is -2.18. The zero-order valence-corrected chi connectivity index (χ0v) is 10.8. The Bertz CT molecular complexity index is 217. The predicted octanol–water partition coefficient (Wildman–Crippen LogP) is 1.86. The molecule has 0 aliphatic carbocycles. The molecule has 0 heterocycles. The van der Waals surface area contributed by atoms with Gasteiger partial charge in [-0.3, -0.25) is 9.59 Å². The van der Waals surface area contributed by atoms with Crippen LogP contribution in [-0.4, -0.2) is 29.2 Å². The normalized spacial score (nSPS) is 12.6. The van der Waals surface area contributed by atoms with E-state index >= 15 is 0 Å². The van der Waals surface area contributed by atoms with E-state index in [1.54, 1.807) is 11.8 Å². The largest absolute Gasteiger partial charge is 0.346 e. The number of amides is 1. The van der Waals surface area contributed by atoms with E-state index in [2.05, 4.69) is 12.2 Å². The SMILES string of the molecule is CCSCCC(NC(C)=O)C(=O)C(C)C. The molecule has 0 aromatic rings. The van der Waals surface area contributed by atoms with Crippen LogP contribution in [-0.2, 0) is 9.59 Å². The van der Waals surface area contributed by atoms with E-state index < -0.39 is 0 Å². The summed E-state index contributed by atoms with van der Waals surface area (Å²) in [6.45, 7) is 7.27. The number of nitrogens with one attached hydrogen (secondary N) is 1. The molecule has 88 valence electrons. The van der Waals surface area contributed by atoms with Gasteiger partial charge in [-0.1, -0.05) is 20.8 Å². The third-order valence-corrected chi connectivity index (χ3v) is 2.98. The molecule has 0 saturated carbocycles. The van der Waals surface area contributed by atoms with Crippen LogP contribution >= 0.6 is 11.8 Å². The van der Waals surface area contributed by atoms with Crippen LogP contribution in [0.2, 0.25) is 0 Å². The second-order valence-corrected chi connectivity index (χ2v) is 5.19. The molecule has 0 bridgehead atoms. The predicted molar refractivity (Wildman–Crippen MR) is 65.1 cm³/mol. The summed E-state index contributed by atoms with van der Waals surface area (Å²) >= 11 is 1.79. The van der Waals surface area contributed by atoms with Crippen molar-refractivity contribution in [3.05, 3.63) is 0 Å². The number of ketones is 1. The first-order chi connectivity index (χ1) is 6.99. The number of carbonyl (C=O) groups excluding carboxylic acids is 2. The van der Waals surface area contributed by atoms with Crippen molar-refractivity contribution < 1.29 is 9.59 Å². The van der Waals surface area contributed by atoms with Crippen molar-refractivity contribution in [2.24, 2.45) is 5.92 Å². The standard InChI is InChI=1S/C11H21NO2S/c1-5-15-7-6-10(12-9(4)13)11(14)8(2)3/h8,10H,5-7H2,1-4H3,(H,12,13). The van der Waals surface area contributed by atoms with Crippen molar-refractivity contribution in [3.8, 4) is 0 Å². The Labute approximate surface area is 96.4 Å². The van der Waals surface area contributed by atoms with Gasteiger partial charge >= 0.3 is 0 Å². The minimum absolute atomic E-state index is 0.0199. The molecule has 3 nitrogen and oxygen atoms in total. The lowest BCUT2D eigenvalue weighted by atomic mass is 10.00. The van der Waals surface area contributed by atoms with Crippen LogP contribution in [0.1, 0.15) is 34.1 Å². The maximum Gasteiger partial charge on any atom is 0.217 e. The number of hydrogen-bond donors (Lipinski definition) is 1. The highest BCUT2D eigenvalue weighted by Gasteiger charge is 2.21. The second kappa shape index (κ2) is 7.74. The maximum atomic E-state index is 11.7. The fourth-order valence-corrected chi connectivity index (χ4v) is 1.97. The minimum Gasteiger partial charge on any atom is -0.346 e. The Hall–Kier alpha value is -0.510. The molecule has 0 rings (SSSR count). The zero-order valence-electron chi connectivity index (χ0n) is 10.0. The topological polar surface area (TPSA) is 46.2 Å². The van der Waals surface area contributed by atoms with Crippen LogP contribution in [0, 0.1) is 5.92 Å². The molecule has 15 heavy (non-hydrogen) atoms. The summed E-state index contributed by atoms with van der Waals surface area (Å²) in [4.78, 5) is 22.7. The van der Waals surface area contributed by atoms with Crippen molar-refractivity contribution in [3.63, 3.8) is 0 Å². The molecule has 0 spiro atoms. The highest BCUT2D eigenvalue weighted by atomic mass is 32.2. The van der Waals surface area contributed by atoms with Gasteiger partial charge in [0.2, 0.25) is 5.91 Å². The number of thioether (sulfide) groups is 1. The number of Topliss-reactive ketones (excluding diaryl/α,β-unsaturated/α-hetero) is 1. The fraction of sp³-hybridized carbons (Fsp3) is 0.818. The molecule has 0 aromatic heterocycles. The summed E-state index contributed by atoms with van der Waals surface area (Å²) in [6, 6.07) is -0.304. The van der Waals surface area contributed by atoms with Crippen molar-refractivity contribution in [2.75, 3.05) is 11.5 Å². The lowest BCUT2D eigenvalue weighted by Crippen LogP contribution is -2.42. The molecule has 0 saturated heterocycles. The third kappa shape index (κ3) is 6.55. The molecule has 1 unspecified atom stereocenters. The number of hydrogen-bond acceptors (Lipinski definition) is 3. The Morgan fingerprint density at radius 1 is 1.33 bits per heavy atom. The second-order valence-electron chi connectivity index (χ2n) is 3.80. The molecule has 4 heteroatoms. The van der Waals surface area contributed by atoms with E-state index in [4.69, 9.17) is 0 Å². The van der Waals surface area contributed by atoms with E-state index in [0.29, 0.717) is 0 Å². The van der Waals surface area contributed by atoms with Gasteiger partial charge in [0.1, 0.15) is 0 Å². The molecular weight excluding hydrogens is 210 g/mol. The summed E-state index contributed by atoms with van der Waals surface area (Å²) < 4.78 is 0. The Kier molecular flexibility index (Phi) is 7.48. The first-order valence-corrected chi connectivity index (χ1v) is 6.53. The minimum atomic E-state index is -0.304. The quantitative estimate of drug-likeness (QED) is 0.680. The third-order valence-electron chi connectivity index (χ3n) is 2.04. The molecule has 0 aromatic carbocycles. The van der Waals surface area contributed by atoms with Gasteiger partial charge < -0.3 is 5.32 Å². The Morgan fingerprint density at radius 2 is 1.93 bits per heavy atom. The number of carbonyl (C=O) groups is 2. The van der Waals surface area contributed by atoms with Crippen molar-refractivity contribution in [1.29, 1.82) is 0 Å². The highest BCUT2D eigenvalue weighted by molar-refractivity contribution is 7.99. The molecule has 0 fully saturated rings. The van der Waals surface area contributed by atoms with Gasteiger partial charge in [0.05, 0.1) is 6.04 Å². The summed E-state index contributed by atoms with van der Waals surface area (Å²) in [6.07, 6.45) is 0.731. The average molecular weight is 231 g/mol. The van der Waals surface area contributed by atoms with E-state index in [1.807, 2.05) is 13.8 Å². The number of rotatable bonds is 7. The van der Waals surface area contributed by atoms with E-state index in [1.165, 1.54) is 6.92 Å². The summed E-state index contributed by atoms with van der Waals surface area (Å²) in [7, 11) is 0. The van der Waals surface area contributed by atoms with Gasteiger partial charge in [-0.15, -0.1) is 0 Å². The average Bonchev–Trinajstić information content (AvgIpc) is 2.14. The van der Waals surface area contributed by atoms with Gasteiger partial charge in [-0.05, 0) is 17.9 Å². The van der Waals surface area contributed by atoms with Gasteiger partial charge in [0, 0.05) is 12.8 Å². The smallest absolute Gasteiger partial charge is 0.217 e. The Balaban J connectivity index is 4.17. The molecule has 0 aliphatic rings.